The zero-order chi connectivity index (χ0) is 18.6. The molecule has 2 aromatic heterocycles. The van der Waals surface area contributed by atoms with Crippen LogP contribution in [0, 0.1) is 0 Å². The number of nitrogens with zero attached hydrogens (tertiary/aromatic N) is 3. The molecule has 29 heavy (non-hydrogen) atoms. The summed E-state index contributed by atoms with van der Waals surface area (Å²) in [4.78, 5) is 20.9. The molecule has 0 fully saturated rings. The van der Waals surface area contributed by atoms with Gasteiger partial charge >= 0.3 is 0 Å². The quantitative estimate of drug-likeness (QED) is 0.591. The number of aromatic nitrogens is 3. The van der Waals surface area contributed by atoms with E-state index < -0.39 is 0 Å². The zero-order valence-corrected chi connectivity index (χ0v) is 17.3. The fourth-order valence-electron chi connectivity index (χ4n) is 3.43. The molecule has 0 aliphatic heterocycles. The van der Waals surface area contributed by atoms with E-state index in [4.69, 9.17) is 10.3 Å². The SMILES string of the molecule is Cl.Cl.Nc1ccc2c(c1)CCCC2NC(=O)CCc1nc(-c2ccccn2)no1. The Balaban J connectivity index is 0.00000150. The Morgan fingerprint density at radius 3 is 2.90 bits per heavy atom. The average Bonchev–Trinajstić information content (AvgIpc) is 3.16. The van der Waals surface area contributed by atoms with Crippen LogP contribution < -0.4 is 11.1 Å². The second kappa shape index (κ2) is 10.2. The molecule has 1 amide bonds. The van der Waals surface area contributed by atoms with Crippen LogP contribution in [0.1, 0.15) is 42.3 Å². The molecule has 0 saturated heterocycles. The predicted molar refractivity (Wildman–Crippen MR) is 115 cm³/mol. The largest absolute Gasteiger partial charge is 0.399 e. The summed E-state index contributed by atoms with van der Waals surface area (Å²) in [7, 11) is 0. The van der Waals surface area contributed by atoms with Crippen LogP contribution in [-0.2, 0) is 17.6 Å². The lowest BCUT2D eigenvalue weighted by Gasteiger charge is -2.26. The van der Waals surface area contributed by atoms with Gasteiger partial charge in [-0.1, -0.05) is 17.3 Å². The molecule has 1 unspecified atom stereocenters. The maximum absolute atomic E-state index is 12.4. The summed E-state index contributed by atoms with van der Waals surface area (Å²) in [5.74, 6) is 0.842. The standard InChI is InChI=1S/C20H21N5O2.2ClH/c21-14-7-8-15-13(12-14)4-3-6-16(15)23-18(26)9-10-19-24-20(25-27-19)17-5-1-2-11-22-17;;/h1-2,5,7-8,11-12,16H,3-4,6,9-10,21H2,(H,23,26);2*1H. The Bertz CT molecular complexity index is 949. The molecule has 1 aromatic carbocycles. The van der Waals surface area contributed by atoms with Gasteiger partial charge in [-0.2, -0.15) is 4.98 Å². The maximum Gasteiger partial charge on any atom is 0.227 e. The van der Waals surface area contributed by atoms with Gasteiger partial charge in [-0.15, -0.1) is 24.8 Å². The number of aryl methyl sites for hydroxylation is 2. The van der Waals surface area contributed by atoms with Gasteiger partial charge < -0.3 is 15.6 Å². The first kappa shape index (κ1) is 22.6. The highest BCUT2D eigenvalue weighted by molar-refractivity contribution is 5.85. The van der Waals surface area contributed by atoms with Gasteiger partial charge in [0.05, 0.1) is 6.04 Å². The van der Waals surface area contributed by atoms with Crippen LogP contribution in [0.3, 0.4) is 0 Å². The van der Waals surface area contributed by atoms with Gasteiger partial charge in [0.15, 0.2) is 0 Å². The molecule has 4 rings (SSSR count). The lowest BCUT2D eigenvalue weighted by Crippen LogP contribution is -2.31. The summed E-state index contributed by atoms with van der Waals surface area (Å²) in [6, 6.07) is 11.5. The van der Waals surface area contributed by atoms with E-state index in [1.165, 1.54) is 11.1 Å². The molecule has 1 aliphatic carbocycles. The summed E-state index contributed by atoms with van der Waals surface area (Å²) in [6.07, 6.45) is 5.35. The Morgan fingerprint density at radius 2 is 2.10 bits per heavy atom. The van der Waals surface area contributed by atoms with Crippen LogP contribution in [0.2, 0.25) is 0 Å². The Hall–Kier alpha value is -2.64. The number of carbonyl (C=O) groups excluding carboxylic acids is 1. The third kappa shape index (κ3) is 5.46. The summed E-state index contributed by atoms with van der Waals surface area (Å²) < 4.78 is 5.23. The van der Waals surface area contributed by atoms with E-state index >= 15 is 0 Å². The first-order valence-electron chi connectivity index (χ1n) is 9.11. The van der Waals surface area contributed by atoms with E-state index in [0.717, 1.165) is 24.9 Å². The number of amides is 1. The van der Waals surface area contributed by atoms with Gasteiger partial charge in [-0.25, -0.2) is 0 Å². The number of pyridine rings is 1. The minimum absolute atomic E-state index is 0. The normalized spacial score (nSPS) is 14.8. The Labute approximate surface area is 181 Å². The molecule has 1 atom stereocenters. The van der Waals surface area contributed by atoms with Crippen molar-refractivity contribution >= 4 is 36.4 Å². The summed E-state index contributed by atoms with van der Waals surface area (Å²) >= 11 is 0. The van der Waals surface area contributed by atoms with Crippen LogP contribution in [0.5, 0.6) is 0 Å². The molecule has 0 bridgehead atoms. The highest BCUT2D eigenvalue weighted by Crippen LogP contribution is 2.31. The molecule has 9 heteroatoms. The van der Waals surface area contributed by atoms with Gasteiger partial charge in [0.25, 0.3) is 0 Å². The molecule has 3 aromatic rings. The van der Waals surface area contributed by atoms with E-state index in [0.29, 0.717) is 30.3 Å². The van der Waals surface area contributed by atoms with Crippen molar-refractivity contribution in [3.8, 4) is 11.5 Å². The van der Waals surface area contributed by atoms with Crippen LogP contribution in [-0.4, -0.2) is 21.0 Å². The molecule has 154 valence electrons. The number of fused-ring (bicyclic) bond motifs is 1. The van der Waals surface area contributed by atoms with Crippen LogP contribution in [0.15, 0.2) is 47.1 Å². The van der Waals surface area contributed by atoms with Gasteiger partial charge in [0, 0.05) is 24.7 Å². The second-order valence-electron chi connectivity index (χ2n) is 6.70. The zero-order valence-electron chi connectivity index (χ0n) is 15.7. The molecule has 0 spiro atoms. The van der Waals surface area contributed by atoms with Crippen molar-refractivity contribution < 1.29 is 9.32 Å². The van der Waals surface area contributed by atoms with Crippen molar-refractivity contribution in [2.75, 3.05) is 5.73 Å². The highest BCUT2D eigenvalue weighted by atomic mass is 35.5. The molecule has 2 heterocycles. The third-order valence-corrected chi connectivity index (χ3v) is 4.74. The maximum atomic E-state index is 12.4. The average molecular weight is 436 g/mol. The number of hydrogen-bond acceptors (Lipinski definition) is 6. The van der Waals surface area contributed by atoms with E-state index in [2.05, 4.69) is 20.4 Å². The lowest BCUT2D eigenvalue weighted by molar-refractivity contribution is -0.122. The molecular formula is C20H23Cl2N5O2. The smallest absolute Gasteiger partial charge is 0.227 e. The number of nitrogens with two attached hydrogens (primary N) is 1. The Morgan fingerprint density at radius 1 is 1.24 bits per heavy atom. The molecule has 1 aliphatic rings. The van der Waals surface area contributed by atoms with E-state index in [1.807, 2.05) is 36.4 Å². The number of benzene rings is 1. The lowest BCUT2D eigenvalue weighted by atomic mass is 9.87. The minimum Gasteiger partial charge on any atom is -0.399 e. The van der Waals surface area contributed by atoms with Gasteiger partial charge in [-0.05, 0) is 54.7 Å². The molecule has 0 saturated carbocycles. The molecule has 3 N–H and O–H groups in total. The van der Waals surface area contributed by atoms with E-state index in [9.17, 15) is 4.79 Å². The molecule has 7 nitrogen and oxygen atoms in total. The first-order valence-corrected chi connectivity index (χ1v) is 9.11. The fraction of sp³-hybridized carbons (Fsp3) is 0.300. The first-order chi connectivity index (χ1) is 13.2. The van der Waals surface area contributed by atoms with Crippen LogP contribution in [0.25, 0.3) is 11.5 Å². The number of hydrogen-bond donors (Lipinski definition) is 2. The number of nitrogen functional groups attached to an aromatic ring is 1. The van der Waals surface area contributed by atoms with Crippen molar-refractivity contribution in [2.24, 2.45) is 0 Å². The monoisotopic (exact) mass is 435 g/mol. The molecular weight excluding hydrogens is 413 g/mol. The van der Waals surface area contributed by atoms with Gasteiger partial charge in [0.1, 0.15) is 5.69 Å². The van der Waals surface area contributed by atoms with E-state index in [1.54, 1.807) is 6.20 Å². The predicted octanol–water partition coefficient (Wildman–Crippen LogP) is 3.68. The summed E-state index contributed by atoms with van der Waals surface area (Å²) in [5, 5.41) is 7.05. The number of anilines is 1. The number of nitrogens with one attached hydrogen (secondary N) is 1. The number of rotatable bonds is 5. The summed E-state index contributed by atoms with van der Waals surface area (Å²) in [5.41, 5.74) is 9.67. The number of carbonyl (C=O) groups is 1. The van der Waals surface area contributed by atoms with Gasteiger partial charge in [-0.3, -0.25) is 9.78 Å². The van der Waals surface area contributed by atoms with E-state index in [-0.39, 0.29) is 36.8 Å². The fourth-order valence-corrected chi connectivity index (χ4v) is 3.43. The van der Waals surface area contributed by atoms with Crippen molar-refractivity contribution in [3.63, 3.8) is 0 Å². The third-order valence-electron chi connectivity index (χ3n) is 4.74. The van der Waals surface area contributed by atoms with Crippen molar-refractivity contribution in [3.05, 3.63) is 59.6 Å². The highest BCUT2D eigenvalue weighted by Gasteiger charge is 2.22. The van der Waals surface area contributed by atoms with Crippen molar-refractivity contribution in [1.82, 2.24) is 20.4 Å². The minimum atomic E-state index is -0.0257. The van der Waals surface area contributed by atoms with Crippen LogP contribution in [0.4, 0.5) is 5.69 Å². The second-order valence-corrected chi connectivity index (χ2v) is 6.70. The van der Waals surface area contributed by atoms with Gasteiger partial charge in [0.2, 0.25) is 17.6 Å². The molecule has 0 radical (unpaired) electrons. The van der Waals surface area contributed by atoms with Crippen molar-refractivity contribution in [2.45, 2.75) is 38.1 Å². The van der Waals surface area contributed by atoms with Crippen molar-refractivity contribution in [1.29, 1.82) is 0 Å². The Kier molecular flexibility index (Phi) is 7.99. The van der Waals surface area contributed by atoms with Crippen LogP contribution >= 0.6 is 24.8 Å². The summed E-state index contributed by atoms with van der Waals surface area (Å²) in [6.45, 7) is 0. The number of halogens is 2. The topological polar surface area (TPSA) is 107 Å².